The molecule has 0 spiro atoms. The highest BCUT2D eigenvalue weighted by atomic mass is 16.3. The van der Waals surface area contributed by atoms with Gasteiger partial charge in [0.2, 0.25) is 5.91 Å². The molecule has 1 aliphatic heterocycles. The van der Waals surface area contributed by atoms with Gasteiger partial charge in [0.05, 0.1) is 0 Å². The molecule has 1 saturated heterocycles. The Morgan fingerprint density at radius 3 is 2.40 bits per heavy atom. The normalized spacial score (nSPS) is 22.5. The lowest BCUT2D eigenvalue weighted by Crippen LogP contribution is -2.16. The van der Waals surface area contributed by atoms with Crippen LogP contribution in [0.2, 0.25) is 0 Å². The summed E-state index contributed by atoms with van der Waals surface area (Å²) in [6.07, 6.45) is 1.01. The molecule has 10 heavy (non-hydrogen) atoms. The van der Waals surface area contributed by atoms with Crippen LogP contribution < -0.4 is 5.32 Å². The highest BCUT2D eigenvalue weighted by Gasteiger charge is 2.17. The van der Waals surface area contributed by atoms with Gasteiger partial charge < -0.3 is 10.4 Å². The molecular formula is C6H11NO3. The fraction of sp³-hybridized carbons (Fsp3) is 0.667. The summed E-state index contributed by atoms with van der Waals surface area (Å²) in [5.41, 5.74) is 0. The Morgan fingerprint density at radius 2 is 2.30 bits per heavy atom. The summed E-state index contributed by atoms with van der Waals surface area (Å²) in [7, 11) is 0. The second-order valence-corrected chi connectivity index (χ2v) is 2.09. The van der Waals surface area contributed by atoms with Gasteiger partial charge in [-0.3, -0.25) is 9.59 Å². The summed E-state index contributed by atoms with van der Waals surface area (Å²) < 4.78 is 0. The Balaban J connectivity index is 0.000000236. The zero-order valence-electron chi connectivity index (χ0n) is 5.83. The number of hydrogen-bond donors (Lipinski definition) is 2. The van der Waals surface area contributed by atoms with E-state index in [0.717, 1.165) is 13.0 Å². The Labute approximate surface area is 59.2 Å². The van der Waals surface area contributed by atoms with Crippen molar-refractivity contribution in [1.29, 1.82) is 0 Å². The first-order valence-electron chi connectivity index (χ1n) is 3.08. The van der Waals surface area contributed by atoms with Crippen LogP contribution in [0.5, 0.6) is 0 Å². The summed E-state index contributed by atoms with van der Waals surface area (Å²) in [5.74, 6) is 0.472. The number of carbonyl (C=O) groups excluding carboxylic acids is 1. The molecule has 0 unspecified atom stereocenters. The third-order valence-corrected chi connectivity index (χ3v) is 1.32. The van der Waals surface area contributed by atoms with E-state index in [1.807, 2.05) is 6.92 Å². The van der Waals surface area contributed by atoms with Gasteiger partial charge in [0.1, 0.15) is 0 Å². The van der Waals surface area contributed by atoms with Crippen molar-refractivity contribution in [3.8, 4) is 0 Å². The van der Waals surface area contributed by atoms with Crippen LogP contribution in [-0.2, 0) is 9.59 Å². The average molecular weight is 145 g/mol. The minimum absolute atomic E-state index is 0.208. The Morgan fingerprint density at radius 1 is 1.80 bits per heavy atom. The molecule has 1 aliphatic rings. The van der Waals surface area contributed by atoms with Crippen molar-refractivity contribution in [2.45, 2.75) is 13.3 Å². The maximum atomic E-state index is 10.5. The molecule has 1 amide bonds. The van der Waals surface area contributed by atoms with Crippen LogP contribution in [0.1, 0.15) is 13.3 Å². The molecule has 0 bridgehead atoms. The lowest BCUT2D eigenvalue weighted by Gasteiger charge is -1.90. The van der Waals surface area contributed by atoms with E-state index in [0.29, 0.717) is 0 Å². The van der Waals surface area contributed by atoms with E-state index in [1.54, 1.807) is 0 Å². The molecule has 1 atom stereocenters. The van der Waals surface area contributed by atoms with E-state index in [1.165, 1.54) is 0 Å². The van der Waals surface area contributed by atoms with E-state index in [-0.39, 0.29) is 18.3 Å². The van der Waals surface area contributed by atoms with E-state index in [4.69, 9.17) is 9.90 Å². The maximum Gasteiger partial charge on any atom is 0.290 e. The van der Waals surface area contributed by atoms with Crippen LogP contribution >= 0.6 is 0 Å². The smallest absolute Gasteiger partial charge is 0.290 e. The number of hydrogen-bond acceptors (Lipinski definition) is 2. The molecule has 0 saturated carbocycles. The molecule has 4 nitrogen and oxygen atoms in total. The average Bonchev–Trinajstić information content (AvgIpc) is 2.19. The van der Waals surface area contributed by atoms with Crippen molar-refractivity contribution in [3.63, 3.8) is 0 Å². The van der Waals surface area contributed by atoms with Gasteiger partial charge in [-0.15, -0.1) is 0 Å². The number of amides is 1. The van der Waals surface area contributed by atoms with Crippen LogP contribution in [0, 0.1) is 5.92 Å². The molecule has 0 aromatic heterocycles. The standard InChI is InChI=1S/C5H9NO.CH2O2/c1-4-2-3-6-5(4)7;2-1-3/h4H,2-3H2,1H3,(H,6,7);1H,(H,2,3)/t4-;/m1./s1. The molecular weight excluding hydrogens is 134 g/mol. The summed E-state index contributed by atoms with van der Waals surface area (Å²) in [5, 5.41) is 9.62. The van der Waals surface area contributed by atoms with Gasteiger partial charge in [-0.2, -0.15) is 0 Å². The van der Waals surface area contributed by atoms with Crippen molar-refractivity contribution >= 4 is 12.4 Å². The van der Waals surface area contributed by atoms with Gasteiger partial charge in [0.25, 0.3) is 6.47 Å². The summed E-state index contributed by atoms with van der Waals surface area (Å²) >= 11 is 0. The van der Waals surface area contributed by atoms with Crippen molar-refractivity contribution in [3.05, 3.63) is 0 Å². The molecule has 2 N–H and O–H groups in total. The van der Waals surface area contributed by atoms with Gasteiger partial charge in [0.15, 0.2) is 0 Å². The lowest BCUT2D eigenvalue weighted by molar-refractivity contribution is -0.123. The summed E-state index contributed by atoms with van der Waals surface area (Å²) in [4.78, 5) is 18.8. The van der Waals surface area contributed by atoms with Crippen molar-refractivity contribution in [2.24, 2.45) is 5.92 Å². The van der Waals surface area contributed by atoms with E-state index in [9.17, 15) is 4.79 Å². The molecule has 58 valence electrons. The lowest BCUT2D eigenvalue weighted by atomic mass is 10.1. The molecule has 0 aromatic carbocycles. The molecule has 0 radical (unpaired) electrons. The first-order valence-corrected chi connectivity index (χ1v) is 3.08. The van der Waals surface area contributed by atoms with Crippen molar-refractivity contribution in [2.75, 3.05) is 6.54 Å². The molecule has 1 rings (SSSR count). The molecule has 0 aromatic rings. The zero-order valence-corrected chi connectivity index (χ0v) is 5.83. The number of carbonyl (C=O) groups is 2. The SMILES string of the molecule is C[C@@H]1CCNC1=O.O=CO. The Kier molecular flexibility index (Phi) is 4.28. The monoisotopic (exact) mass is 145 g/mol. The minimum Gasteiger partial charge on any atom is -0.483 e. The van der Waals surface area contributed by atoms with Crippen LogP contribution in [0.4, 0.5) is 0 Å². The van der Waals surface area contributed by atoms with Gasteiger partial charge in [-0.05, 0) is 6.42 Å². The third-order valence-electron chi connectivity index (χ3n) is 1.32. The van der Waals surface area contributed by atoms with Gasteiger partial charge in [-0.1, -0.05) is 6.92 Å². The highest BCUT2D eigenvalue weighted by molar-refractivity contribution is 5.80. The van der Waals surface area contributed by atoms with E-state index in [2.05, 4.69) is 5.32 Å². The first-order chi connectivity index (χ1) is 4.72. The number of nitrogens with one attached hydrogen (secondary N) is 1. The van der Waals surface area contributed by atoms with Crippen LogP contribution in [-0.4, -0.2) is 24.0 Å². The Bertz CT molecular complexity index is 124. The second kappa shape index (κ2) is 4.78. The van der Waals surface area contributed by atoms with Crippen LogP contribution in [0.15, 0.2) is 0 Å². The first kappa shape index (κ1) is 8.94. The van der Waals surface area contributed by atoms with Crippen LogP contribution in [0.3, 0.4) is 0 Å². The maximum absolute atomic E-state index is 10.5. The molecule has 1 heterocycles. The second-order valence-electron chi connectivity index (χ2n) is 2.09. The molecule has 4 heteroatoms. The van der Waals surface area contributed by atoms with Crippen molar-refractivity contribution in [1.82, 2.24) is 5.32 Å². The van der Waals surface area contributed by atoms with Gasteiger partial charge >= 0.3 is 0 Å². The fourth-order valence-corrected chi connectivity index (χ4v) is 0.717. The topological polar surface area (TPSA) is 66.4 Å². The number of rotatable bonds is 0. The molecule has 0 aliphatic carbocycles. The quantitative estimate of drug-likeness (QED) is 0.465. The minimum atomic E-state index is -0.250. The zero-order chi connectivity index (χ0) is 7.98. The Hall–Kier alpha value is -1.06. The number of carboxylic acid groups (broad SMARTS) is 1. The predicted octanol–water partition coefficient (Wildman–Crippen LogP) is -0.157. The summed E-state index contributed by atoms with van der Waals surface area (Å²) in [6.45, 7) is 2.57. The summed E-state index contributed by atoms with van der Waals surface area (Å²) in [6, 6.07) is 0. The predicted molar refractivity (Wildman–Crippen MR) is 35.5 cm³/mol. The van der Waals surface area contributed by atoms with Crippen molar-refractivity contribution < 1.29 is 14.7 Å². The van der Waals surface area contributed by atoms with E-state index >= 15 is 0 Å². The van der Waals surface area contributed by atoms with E-state index < -0.39 is 0 Å². The molecule has 1 fully saturated rings. The van der Waals surface area contributed by atoms with Gasteiger partial charge in [-0.25, -0.2) is 0 Å². The van der Waals surface area contributed by atoms with Crippen LogP contribution in [0.25, 0.3) is 0 Å². The largest absolute Gasteiger partial charge is 0.483 e. The highest BCUT2D eigenvalue weighted by Crippen LogP contribution is 2.05. The fourth-order valence-electron chi connectivity index (χ4n) is 0.717. The van der Waals surface area contributed by atoms with Gasteiger partial charge in [0, 0.05) is 12.5 Å². The third kappa shape index (κ3) is 3.06.